The van der Waals surface area contributed by atoms with Gasteiger partial charge in [-0.05, 0) is 27.7 Å². The molecule has 0 spiro atoms. The van der Waals surface area contributed by atoms with E-state index in [9.17, 15) is 14.4 Å². The molecule has 2 amide bonds. The average molecular weight is 453 g/mol. The van der Waals surface area contributed by atoms with E-state index >= 15 is 0 Å². The molecule has 7 heteroatoms. The van der Waals surface area contributed by atoms with Crippen molar-refractivity contribution in [3.63, 3.8) is 0 Å². The van der Waals surface area contributed by atoms with Crippen LogP contribution in [0.3, 0.4) is 0 Å². The molecule has 0 saturated heterocycles. The Hall–Kier alpha value is -3.35. The zero-order chi connectivity index (χ0) is 24.2. The van der Waals surface area contributed by atoms with Crippen LogP contribution in [0.15, 0.2) is 48.5 Å². The summed E-state index contributed by atoms with van der Waals surface area (Å²) in [6.07, 6.45) is -0.552. The average Bonchev–Trinajstić information content (AvgIpc) is 3.08. The number of amides is 2. The number of fused-ring (bicyclic) bond motifs is 3. The number of ether oxygens (including phenoxy) is 1. The highest BCUT2D eigenvalue weighted by atomic mass is 16.5. The van der Waals surface area contributed by atoms with E-state index in [1.165, 1.54) is 6.92 Å². The summed E-state index contributed by atoms with van der Waals surface area (Å²) >= 11 is 0. The van der Waals surface area contributed by atoms with Crippen molar-refractivity contribution in [1.82, 2.24) is 10.6 Å². The van der Waals surface area contributed by atoms with Crippen LogP contribution in [0.2, 0.25) is 0 Å². The van der Waals surface area contributed by atoms with Gasteiger partial charge in [-0.25, -0.2) is 4.79 Å². The Bertz CT molecular complexity index is 982. The van der Waals surface area contributed by atoms with Crippen molar-refractivity contribution in [2.24, 2.45) is 11.3 Å². The van der Waals surface area contributed by atoms with Gasteiger partial charge in [0.1, 0.15) is 6.61 Å². The lowest BCUT2D eigenvalue weighted by Gasteiger charge is -2.31. The summed E-state index contributed by atoms with van der Waals surface area (Å²) in [5.41, 5.74) is 4.17. The number of carboxylic acid groups (broad SMARTS) is 1. The van der Waals surface area contributed by atoms with Crippen LogP contribution in [0.1, 0.15) is 51.2 Å². The molecule has 176 valence electrons. The molecule has 3 N–H and O–H groups in total. The number of carbonyl (C=O) groups excluding carboxylic acids is 2. The highest BCUT2D eigenvalue weighted by Crippen LogP contribution is 2.44. The van der Waals surface area contributed by atoms with Crippen LogP contribution in [0.5, 0.6) is 0 Å². The molecule has 2 aromatic carbocycles. The van der Waals surface area contributed by atoms with Gasteiger partial charge >= 0.3 is 12.1 Å². The summed E-state index contributed by atoms with van der Waals surface area (Å²) in [5.74, 6) is -2.02. The molecule has 0 radical (unpaired) electrons. The van der Waals surface area contributed by atoms with E-state index in [1.54, 1.807) is 0 Å². The minimum atomic E-state index is -0.973. The van der Waals surface area contributed by atoms with Crippen molar-refractivity contribution in [3.05, 3.63) is 59.7 Å². The molecule has 2 atom stereocenters. The van der Waals surface area contributed by atoms with E-state index in [2.05, 4.69) is 34.9 Å². The zero-order valence-corrected chi connectivity index (χ0v) is 19.6. The first-order chi connectivity index (χ1) is 15.6. The Morgan fingerprint density at radius 2 is 1.55 bits per heavy atom. The molecule has 2 aromatic rings. The molecule has 0 heterocycles. The van der Waals surface area contributed by atoms with Crippen LogP contribution in [-0.4, -0.2) is 42.3 Å². The lowest BCUT2D eigenvalue weighted by atomic mass is 9.84. The van der Waals surface area contributed by atoms with Gasteiger partial charge in [0.05, 0.1) is 5.92 Å². The van der Waals surface area contributed by atoms with Crippen LogP contribution >= 0.6 is 0 Å². The Kier molecular flexibility index (Phi) is 7.41. The third-order valence-corrected chi connectivity index (χ3v) is 6.10. The maximum absolute atomic E-state index is 12.7. The Morgan fingerprint density at radius 1 is 1.00 bits per heavy atom. The second-order valence-corrected chi connectivity index (χ2v) is 9.64. The van der Waals surface area contributed by atoms with Crippen LogP contribution in [-0.2, 0) is 14.3 Å². The van der Waals surface area contributed by atoms with Gasteiger partial charge in [0.2, 0.25) is 5.91 Å². The molecule has 7 nitrogen and oxygen atoms in total. The first-order valence-electron chi connectivity index (χ1n) is 11.2. The first kappa shape index (κ1) is 24.3. The molecule has 1 aliphatic rings. The number of hydrogen-bond acceptors (Lipinski definition) is 4. The normalized spacial score (nSPS) is 14.5. The van der Waals surface area contributed by atoms with Crippen LogP contribution < -0.4 is 10.6 Å². The number of rotatable bonds is 8. The lowest BCUT2D eigenvalue weighted by molar-refractivity contribution is -0.141. The number of carbonyl (C=O) groups is 3. The highest BCUT2D eigenvalue weighted by molar-refractivity contribution is 5.80. The van der Waals surface area contributed by atoms with Gasteiger partial charge < -0.3 is 20.5 Å². The van der Waals surface area contributed by atoms with Crippen molar-refractivity contribution >= 4 is 18.0 Å². The fourth-order valence-electron chi connectivity index (χ4n) is 3.97. The van der Waals surface area contributed by atoms with Gasteiger partial charge in [-0.1, -0.05) is 76.2 Å². The Balaban J connectivity index is 1.61. The van der Waals surface area contributed by atoms with Crippen molar-refractivity contribution in [2.75, 3.05) is 13.2 Å². The van der Waals surface area contributed by atoms with Crippen molar-refractivity contribution < 1.29 is 24.2 Å². The van der Waals surface area contributed by atoms with E-state index in [-0.39, 0.29) is 31.4 Å². The molecule has 2 unspecified atom stereocenters. The number of carboxylic acids is 1. The topological polar surface area (TPSA) is 105 Å². The van der Waals surface area contributed by atoms with E-state index in [0.717, 1.165) is 22.3 Å². The van der Waals surface area contributed by atoms with E-state index in [0.29, 0.717) is 0 Å². The summed E-state index contributed by atoms with van der Waals surface area (Å²) in [7, 11) is 0. The SMILES string of the molecule is CC(CNC(=O)CC(NC(=O)OCC1c2ccccc2-c2ccccc21)C(C)(C)C)C(=O)O. The predicted molar refractivity (Wildman–Crippen MR) is 126 cm³/mol. The monoisotopic (exact) mass is 452 g/mol. The standard InChI is InChI=1S/C26H32N2O5/c1-16(24(30)31)14-27-23(29)13-22(26(2,3)4)28-25(32)33-15-21-19-11-7-5-9-17(19)18-10-6-8-12-20(18)21/h5-12,16,21-22H,13-15H2,1-4H3,(H,27,29)(H,28,32)(H,30,31). The van der Waals surface area contributed by atoms with E-state index in [4.69, 9.17) is 9.84 Å². The maximum atomic E-state index is 12.7. The third kappa shape index (κ3) is 5.92. The largest absolute Gasteiger partial charge is 0.481 e. The second kappa shape index (κ2) is 10.1. The van der Waals surface area contributed by atoms with Crippen molar-refractivity contribution in [3.8, 4) is 11.1 Å². The van der Waals surface area contributed by atoms with E-state index in [1.807, 2.05) is 45.0 Å². The van der Waals surface area contributed by atoms with Crippen molar-refractivity contribution in [2.45, 2.75) is 46.1 Å². The van der Waals surface area contributed by atoms with Crippen LogP contribution in [0.4, 0.5) is 4.79 Å². The van der Waals surface area contributed by atoms with Crippen LogP contribution in [0.25, 0.3) is 11.1 Å². The van der Waals surface area contributed by atoms with Gasteiger partial charge in [-0.2, -0.15) is 0 Å². The number of nitrogens with one attached hydrogen (secondary N) is 2. The van der Waals surface area contributed by atoms with Gasteiger partial charge in [-0.15, -0.1) is 0 Å². The Morgan fingerprint density at radius 3 is 2.06 bits per heavy atom. The third-order valence-electron chi connectivity index (χ3n) is 6.10. The first-order valence-corrected chi connectivity index (χ1v) is 11.2. The number of alkyl carbamates (subject to hydrolysis) is 1. The summed E-state index contributed by atoms with van der Waals surface area (Å²) < 4.78 is 5.62. The fourth-order valence-corrected chi connectivity index (χ4v) is 3.97. The molecular formula is C26H32N2O5. The number of aliphatic carboxylic acids is 1. The molecular weight excluding hydrogens is 420 g/mol. The molecule has 1 aliphatic carbocycles. The van der Waals surface area contributed by atoms with Gasteiger partial charge in [0, 0.05) is 24.9 Å². The van der Waals surface area contributed by atoms with Gasteiger partial charge in [0.15, 0.2) is 0 Å². The molecule has 0 aromatic heterocycles. The fraction of sp³-hybridized carbons (Fsp3) is 0.423. The molecule has 0 bridgehead atoms. The lowest BCUT2D eigenvalue weighted by Crippen LogP contribution is -2.47. The summed E-state index contributed by atoms with van der Waals surface area (Å²) in [6, 6.07) is 15.8. The Labute approximate surface area is 194 Å². The zero-order valence-electron chi connectivity index (χ0n) is 19.6. The summed E-state index contributed by atoms with van der Waals surface area (Å²) in [5, 5.41) is 14.4. The maximum Gasteiger partial charge on any atom is 0.407 e. The molecule has 3 rings (SSSR count). The predicted octanol–water partition coefficient (Wildman–Crippen LogP) is 4.17. The van der Waals surface area contributed by atoms with Gasteiger partial charge in [0.25, 0.3) is 0 Å². The highest BCUT2D eigenvalue weighted by Gasteiger charge is 2.32. The summed E-state index contributed by atoms with van der Waals surface area (Å²) in [4.78, 5) is 36.0. The van der Waals surface area contributed by atoms with E-state index < -0.39 is 29.4 Å². The number of benzene rings is 2. The second-order valence-electron chi connectivity index (χ2n) is 9.64. The smallest absolute Gasteiger partial charge is 0.407 e. The molecule has 0 aliphatic heterocycles. The molecule has 33 heavy (non-hydrogen) atoms. The van der Waals surface area contributed by atoms with Crippen LogP contribution in [0, 0.1) is 11.3 Å². The minimum absolute atomic E-state index is 0.0278. The molecule has 0 saturated carbocycles. The van der Waals surface area contributed by atoms with Gasteiger partial charge in [-0.3, -0.25) is 9.59 Å². The quantitative estimate of drug-likeness (QED) is 0.558. The number of hydrogen-bond donors (Lipinski definition) is 3. The minimum Gasteiger partial charge on any atom is -0.481 e. The van der Waals surface area contributed by atoms with Crippen molar-refractivity contribution in [1.29, 1.82) is 0 Å². The summed E-state index contributed by atoms with van der Waals surface area (Å²) in [6.45, 7) is 7.53. The molecule has 0 fully saturated rings.